The third-order valence-electron chi connectivity index (χ3n) is 5.39. The zero-order chi connectivity index (χ0) is 15.7. The highest BCUT2D eigenvalue weighted by Crippen LogP contribution is 2.28. The summed E-state index contributed by atoms with van der Waals surface area (Å²) in [4.78, 5) is 17.0. The zero-order valence-corrected chi connectivity index (χ0v) is 13.7. The predicted molar refractivity (Wildman–Crippen MR) is 90.0 cm³/mol. The van der Waals surface area contributed by atoms with Crippen LogP contribution in [0, 0.1) is 19.8 Å². The fourth-order valence-electron chi connectivity index (χ4n) is 3.78. The molecule has 3 rings (SSSR count). The van der Waals surface area contributed by atoms with E-state index in [2.05, 4.69) is 36.9 Å². The number of anilines is 1. The highest BCUT2D eigenvalue weighted by molar-refractivity contribution is 5.80. The maximum Gasteiger partial charge on any atom is 0.227 e. The van der Waals surface area contributed by atoms with Crippen LogP contribution in [0.5, 0.6) is 0 Å². The third kappa shape index (κ3) is 2.84. The monoisotopic (exact) mass is 301 g/mol. The van der Waals surface area contributed by atoms with Gasteiger partial charge in [-0.2, -0.15) is 0 Å². The first-order valence-electron chi connectivity index (χ1n) is 8.43. The van der Waals surface area contributed by atoms with Gasteiger partial charge in [-0.1, -0.05) is 18.6 Å². The van der Waals surface area contributed by atoms with Crippen molar-refractivity contribution in [3.05, 3.63) is 29.3 Å². The number of benzene rings is 1. The predicted octanol–water partition coefficient (Wildman–Crippen LogP) is 2.08. The molecule has 0 aromatic heterocycles. The number of hydrogen-bond donors (Lipinski definition) is 1. The Balaban J connectivity index is 1.63. The lowest BCUT2D eigenvalue weighted by Gasteiger charge is -2.38. The molecule has 0 spiro atoms. The topological polar surface area (TPSA) is 49.6 Å². The second kappa shape index (κ2) is 6.29. The summed E-state index contributed by atoms with van der Waals surface area (Å²) in [5.74, 6) is 0.345. The lowest BCUT2D eigenvalue weighted by atomic mass is 10.0. The number of aryl methyl sites for hydroxylation is 1. The lowest BCUT2D eigenvalue weighted by Crippen LogP contribution is -2.52. The van der Waals surface area contributed by atoms with E-state index in [9.17, 15) is 4.79 Å². The van der Waals surface area contributed by atoms with E-state index in [1.165, 1.54) is 16.8 Å². The summed E-state index contributed by atoms with van der Waals surface area (Å²) in [7, 11) is 0. The van der Waals surface area contributed by atoms with Crippen LogP contribution < -0.4 is 10.6 Å². The number of amides is 1. The molecular formula is C18H27N3O. The van der Waals surface area contributed by atoms with E-state index in [-0.39, 0.29) is 17.9 Å². The van der Waals surface area contributed by atoms with E-state index < -0.39 is 0 Å². The van der Waals surface area contributed by atoms with Gasteiger partial charge in [-0.25, -0.2) is 0 Å². The Bertz CT molecular complexity index is 549. The number of rotatable bonds is 2. The molecule has 1 aliphatic carbocycles. The highest BCUT2D eigenvalue weighted by atomic mass is 16.2. The number of nitrogens with zero attached hydrogens (tertiary/aromatic N) is 2. The van der Waals surface area contributed by atoms with Gasteiger partial charge in [0.1, 0.15) is 0 Å². The fourth-order valence-corrected chi connectivity index (χ4v) is 3.78. The average molecular weight is 301 g/mol. The van der Waals surface area contributed by atoms with E-state index in [0.717, 1.165) is 45.4 Å². The summed E-state index contributed by atoms with van der Waals surface area (Å²) in [6.45, 7) is 7.79. The maximum atomic E-state index is 12.6. The molecule has 1 heterocycles. The quantitative estimate of drug-likeness (QED) is 0.910. The van der Waals surface area contributed by atoms with Gasteiger partial charge in [0.2, 0.25) is 5.91 Å². The molecule has 0 radical (unpaired) electrons. The van der Waals surface area contributed by atoms with E-state index >= 15 is 0 Å². The van der Waals surface area contributed by atoms with Crippen molar-refractivity contribution in [1.29, 1.82) is 0 Å². The van der Waals surface area contributed by atoms with Crippen LogP contribution in [-0.4, -0.2) is 43.0 Å². The molecule has 1 amide bonds. The number of hydrogen-bond acceptors (Lipinski definition) is 3. The Morgan fingerprint density at radius 3 is 2.50 bits per heavy atom. The molecule has 4 heteroatoms. The van der Waals surface area contributed by atoms with Crippen LogP contribution in [-0.2, 0) is 4.79 Å². The number of carbonyl (C=O) groups excluding carboxylic acids is 1. The van der Waals surface area contributed by atoms with Gasteiger partial charge >= 0.3 is 0 Å². The zero-order valence-electron chi connectivity index (χ0n) is 13.7. The molecule has 2 unspecified atom stereocenters. The lowest BCUT2D eigenvalue weighted by molar-refractivity contribution is -0.136. The third-order valence-corrected chi connectivity index (χ3v) is 5.39. The van der Waals surface area contributed by atoms with Gasteiger partial charge in [0.05, 0.1) is 5.92 Å². The van der Waals surface area contributed by atoms with Crippen molar-refractivity contribution in [2.75, 3.05) is 31.1 Å². The average Bonchev–Trinajstić information content (AvgIpc) is 2.96. The number of nitrogens with two attached hydrogens (primary N) is 1. The standard InChI is InChI=1S/C18H27N3O/c1-13-5-3-8-17(14(13)2)20-9-11-21(12-10-20)18(22)15-6-4-7-16(15)19/h3,5,8,15-16H,4,6-7,9-12,19H2,1-2H3. The molecule has 1 aromatic carbocycles. The molecule has 2 aliphatic rings. The largest absolute Gasteiger partial charge is 0.368 e. The Labute approximate surface area is 133 Å². The molecule has 1 saturated heterocycles. The van der Waals surface area contributed by atoms with Crippen LogP contribution in [0.2, 0.25) is 0 Å². The van der Waals surface area contributed by atoms with E-state index in [1.54, 1.807) is 0 Å². The first-order chi connectivity index (χ1) is 10.6. The summed E-state index contributed by atoms with van der Waals surface area (Å²) < 4.78 is 0. The van der Waals surface area contributed by atoms with Crippen molar-refractivity contribution in [3.8, 4) is 0 Å². The second-order valence-corrected chi connectivity index (χ2v) is 6.73. The van der Waals surface area contributed by atoms with Gasteiger partial charge in [-0.05, 0) is 43.9 Å². The number of piperazine rings is 1. The van der Waals surface area contributed by atoms with E-state index in [1.807, 2.05) is 4.90 Å². The SMILES string of the molecule is Cc1cccc(N2CCN(C(=O)C3CCCC3N)CC2)c1C. The number of carbonyl (C=O) groups is 1. The van der Waals surface area contributed by atoms with Crippen molar-refractivity contribution in [2.24, 2.45) is 11.7 Å². The fraction of sp³-hybridized carbons (Fsp3) is 0.611. The van der Waals surface area contributed by atoms with Crippen LogP contribution in [0.3, 0.4) is 0 Å². The Hall–Kier alpha value is -1.55. The van der Waals surface area contributed by atoms with Gasteiger partial charge in [0.25, 0.3) is 0 Å². The van der Waals surface area contributed by atoms with Gasteiger partial charge < -0.3 is 15.5 Å². The second-order valence-electron chi connectivity index (χ2n) is 6.73. The van der Waals surface area contributed by atoms with Crippen LogP contribution >= 0.6 is 0 Å². The normalized spacial score (nSPS) is 25.6. The van der Waals surface area contributed by atoms with Gasteiger partial charge in [0.15, 0.2) is 0 Å². The minimum Gasteiger partial charge on any atom is -0.368 e. The van der Waals surface area contributed by atoms with Gasteiger partial charge in [-0.15, -0.1) is 0 Å². The molecule has 4 nitrogen and oxygen atoms in total. The Morgan fingerprint density at radius 2 is 1.86 bits per heavy atom. The van der Waals surface area contributed by atoms with Crippen LogP contribution in [0.15, 0.2) is 18.2 Å². The van der Waals surface area contributed by atoms with Crippen molar-refractivity contribution in [2.45, 2.75) is 39.2 Å². The summed E-state index contributed by atoms with van der Waals surface area (Å²) >= 11 is 0. The van der Waals surface area contributed by atoms with Gasteiger partial charge in [0, 0.05) is 37.9 Å². The van der Waals surface area contributed by atoms with Crippen molar-refractivity contribution in [1.82, 2.24) is 4.90 Å². The summed E-state index contributed by atoms with van der Waals surface area (Å²) in [6, 6.07) is 6.53. The molecule has 0 bridgehead atoms. The van der Waals surface area contributed by atoms with Crippen molar-refractivity contribution >= 4 is 11.6 Å². The minimum absolute atomic E-state index is 0.0623. The molecule has 1 aromatic rings. The first-order valence-corrected chi connectivity index (χ1v) is 8.43. The van der Waals surface area contributed by atoms with Crippen LogP contribution in [0.4, 0.5) is 5.69 Å². The van der Waals surface area contributed by atoms with Crippen molar-refractivity contribution in [3.63, 3.8) is 0 Å². The van der Waals surface area contributed by atoms with Crippen LogP contribution in [0.25, 0.3) is 0 Å². The van der Waals surface area contributed by atoms with E-state index in [4.69, 9.17) is 5.73 Å². The first kappa shape index (κ1) is 15.3. The summed E-state index contributed by atoms with van der Waals surface area (Å²) in [6.07, 6.45) is 3.07. The molecule has 2 fully saturated rings. The maximum absolute atomic E-state index is 12.6. The Morgan fingerprint density at radius 1 is 1.14 bits per heavy atom. The molecule has 120 valence electrons. The molecule has 2 atom stereocenters. The molecule has 1 saturated carbocycles. The Kier molecular flexibility index (Phi) is 4.39. The summed E-state index contributed by atoms with van der Waals surface area (Å²) in [5, 5.41) is 0. The summed E-state index contributed by atoms with van der Waals surface area (Å²) in [5.41, 5.74) is 10.1. The molecule has 22 heavy (non-hydrogen) atoms. The smallest absolute Gasteiger partial charge is 0.227 e. The van der Waals surface area contributed by atoms with Crippen LogP contribution in [0.1, 0.15) is 30.4 Å². The minimum atomic E-state index is 0.0623. The highest BCUT2D eigenvalue weighted by Gasteiger charge is 2.34. The molecule has 1 aliphatic heterocycles. The van der Waals surface area contributed by atoms with Gasteiger partial charge in [-0.3, -0.25) is 4.79 Å². The van der Waals surface area contributed by atoms with E-state index in [0.29, 0.717) is 0 Å². The molecular weight excluding hydrogens is 274 g/mol. The molecule has 2 N–H and O–H groups in total. The van der Waals surface area contributed by atoms with Crippen molar-refractivity contribution < 1.29 is 4.79 Å².